The molecule has 1 N–H and O–H groups in total. The SMILES string of the molecule is O=S(=O)(O)c1ccc2c(CC(F)(F)C(F)(F)C(F)(F)C(F)(F)C(F)(F)C(F)(F)C(F)(F)C(F)F)cccc2c1. The molecule has 0 fully saturated rings. The highest BCUT2D eigenvalue weighted by molar-refractivity contribution is 7.85. The highest BCUT2D eigenvalue weighted by Gasteiger charge is 2.93. The van der Waals surface area contributed by atoms with E-state index in [4.69, 9.17) is 4.55 Å². The summed E-state index contributed by atoms with van der Waals surface area (Å²) < 4.78 is 247. The molecule has 0 radical (unpaired) electrons. The van der Waals surface area contributed by atoms with E-state index < -0.39 is 85.7 Å². The molecule has 0 aliphatic carbocycles. The largest absolute Gasteiger partial charge is 0.384 e. The van der Waals surface area contributed by atoms with Crippen LogP contribution in [0.3, 0.4) is 0 Å². The molecule has 2 aromatic carbocycles. The van der Waals surface area contributed by atoms with Crippen molar-refractivity contribution in [2.45, 2.75) is 59.2 Å². The molecule has 39 heavy (non-hydrogen) atoms. The minimum atomic E-state index is -8.49. The van der Waals surface area contributed by atoms with Crippen LogP contribution in [0.4, 0.5) is 70.2 Å². The summed E-state index contributed by atoms with van der Waals surface area (Å²) in [7, 11) is -4.93. The molecule has 0 bridgehead atoms. The summed E-state index contributed by atoms with van der Waals surface area (Å²) in [5.74, 6) is -55.2. The van der Waals surface area contributed by atoms with E-state index in [0.29, 0.717) is 30.3 Å². The standard InChI is InChI=1S/C19H10F16O3S/c20-12(21)14(24,25)16(28,29)18(32,33)19(34,35)17(30,31)15(26,27)13(22,23)7-9-3-1-2-8-6-10(39(36,37)38)4-5-11(8)9/h1-6,12H,7H2,(H,36,37,38). The van der Waals surface area contributed by atoms with Crippen LogP contribution in [0.2, 0.25) is 0 Å². The Labute approximate surface area is 206 Å². The number of alkyl halides is 16. The molecule has 0 aromatic heterocycles. The molecule has 222 valence electrons. The molecule has 2 rings (SSSR count). The van der Waals surface area contributed by atoms with E-state index in [0.717, 1.165) is 6.07 Å². The second kappa shape index (κ2) is 9.27. The lowest BCUT2D eigenvalue weighted by Crippen LogP contribution is -2.73. The van der Waals surface area contributed by atoms with Gasteiger partial charge in [-0.1, -0.05) is 24.3 Å². The van der Waals surface area contributed by atoms with E-state index in [1.165, 1.54) is 0 Å². The monoisotopic (exact) mass is 622 g/mol. The smallest absolute Gasteiger partial charge is 0.282 e. The number of benzene rings is 2. The Morgan fingerprint density at radius 3 is 1.59 bits per heavy atom. The van der Waals surface area contributed by atoms with Crippen molar-refractivity contribution < 1.29 is 83.2 Å². The molecule has 0 aliphatic rings. The van der Waals surface area contributed by atoms with Gasteiger partial charge in [0.15, 0.2) is 0 Å². The van der Waals surface area contributed by atoms with E-state index in [-0.39, 0.29) is 0 Å². The number of hydrogen-bond acceptors (Lipinski definition) is 2. The van der Waals surface area contributed by atoms with Gasteiger partial charge in [0.25, 0.3) is 10.1 Å². The van der Waals surface area contributed by atoms with Gasteiger partial charge < -0.3 is 0 Å². The van der Waals surface area contributed by atoms with Crippen molar-refractivity contribution in [1.82, 2.24) is 0 Å². The van der Waals surface area contributed by atoms with Gasteiger partial charge in [0.05, 0.1) is 4.90 Å². The minimum absolute atomic E-state index is 0.459. The molecule has 0 atom stereocenters. The summed E-state index contributed by atoms with van der Waals surface area (Å²) in [5, 5.41) is -1.12. The fourth-order valence-electron chi connectivity index (χ4n) is 3.16. The summed E-state index contributed by atoms with van der Waals surface area (Å²) in [6.07, 6.45) is -8.67. The first kappa shape index (κ1) is 32.7. The lowest BCUT2D eigenvalue weighted by Gasteiger charge is -2.42. The van der Waals surface area contributed by atoms with Crippen LogP contribution in [0.5, 0.6) is 0 Å². The quantitative estimate of drug-likeness (QED) is 0.223. The van der Waals surface area contributed by atoms with Crippen LogP contribution < -0.4 is 0 Å². The van der Waals surface area contributed by atoms with Gasteiger partial charge in [0.2, 0.25) is 0 Å². The first-order valence-electron chi connectivity index (χ1n) is 9.53. The summed E-state index contributed by atoms with van der Waals surface area (Å²) in [6.45, 7) is 0. The molecule has 0 spiro atoms. The Hall–Kier alpha value is -2.51. The van der Waals surface area contributed by atoms with Crippen molar-refractivity contribution in [3.63, 3.8) is 0 Å². The maximum atomic E-state index is 14.4. The Morgan fingerprint density at radius 2 is 1.13 bits per heavy atom. The first-order chi connectivity index (χ1) is 17.1. The normalized spacial score (nSPS) is 15.3. The molecule has 2 aromatic rings. The van der Waals surface area contributed by atoms with Crippen molar-refractivity contribution in [3.8, 4) is 0 Å². The summed E-state index contributed by atoms with van der Waals surface area (Å²) in [4.78, 5) is -0.890. The number of halogens is 16. The predicted octanol–water partition coefficient (Wildman–Crippen LogP) is 7.34. The molecule has 0 saturated heterocycles. The van der Waals surface area contributed by atoms with Crippen molar-refractivity contribution in [3.05, 3.63) is 42.0 Å². The summed E-state index contributed by atoms with van der Waals surface area (Å²) in [5.41, 5.74) is -1.17. The molecule has 0 unspecified atom stereocenters. The molecule has 3 nitrogen and oxygen atoms in total. The molecule has 0 amide bonds. The van der Waals surface area contributed by atoms with Gasteiger partial charge in [-0.05, 0) is 28.5 Å². The highest BCUT2D eigenvalue weighted by atomic mass is 32.2. The third kappa shape index (κ3) is 4.76. The van der Waals surface area contributed by atoms with Crippen LogP contribution in [0.1, 0.15) is 5.56 Å². The second-order valence-corrected chi connectivity index (χ2v) is 9.37. The third-order valence-corrected chi connectivity index (χ3v) is 6.23. The maximum absolute atomic E-state index is 14.4. The van der Waals surface area contributed by atoms with E-state index in [2.05, 4.69) is 0 Å². The number of fused-ring (bicyclic) bond motifs is 1. The lowest BCUT2D eigenvalue weighted by atomic mass is 9.87. The zero-order valence-electron chi connectivity index (χ0n) is 18.0. The zero-order valence-corrected chi connectivity index (χ0v) is 18.8. The zero-order chi connectivity index (χ0) is 30.8. The average molecular weight is 622 g/mol. The van der Waals surface area contributed by atoms with E-state index >= 15 is 0 Å². The number of rotatable bonds is 10. The Balaban J connectivity index is 2.62. The molecular formula is C19H10F16O3S. The highest BCUT2D eigenvalue weighted by Crippen LogP contribution is 2.63. The van der Waals surface area contributed by atoms with Crippen molar-refractivity contribution in [2.24, 2.45) is 0 Å². The van der Waals surface area contributed by atoms with Gasteiger partial charge in [-0.2, -0.15) is 69.9 Å². The van der Waals surface area contributed by atoms with Crippen LogP contribution in [-0.2, 0) is 16.5 Å². The second-order valence-electron chi connectivity index (χ2n) is 7.95. The summed E-state index contributed by atoms with van der Waals surface area (Å²) >= 11 is 0. The number of hydrogen-bond donors (Lipinski definition) is 1. The molecular weight excluding hydrogens is 612 g/mol. The molecule has 0 heterocycles. The minimum Gasteiger partial charge on any atom is -0.282 e. The average Bonchev–Trinajstić information content (AvgIpc) is 2.77. The predicted molar refractivity (Wildman–Crippen MR) is 98.1 cm³/mol. The Bertz CT molecular complexity index is 1340. The van der Waals surface area contributed by atoms with Crippen LogP contribution in [0.25, 0.3) is 10.8 Å². The van der Waals surface area contributed by atoms with Gasteiger partial charge >= 0.3 is 47.9 Å². The van der Waals surface area contributed by atoms with Crippen molar-refractivity contribution >= 4 is 20.9 Å². The Morgan fingerprint density at radius 1 is 0.667 bits per heavy atom. The Kier molecular flexibility index (Phi) is 7.77. The fourth-order valence-corrected chi connectivity index (χ4v) is 3.68. The lowest BCUT2D eigenvalue weighted by molar-refractivity contribution is -0.446. The third-order valence-electron chi connectivity index (χ3n) is 5.38. The molecule has 0 aliphatic heterocycles. The van der Waals surface area contributed by atoms with Crippen LogP contribution in [0.15, 0.2) is 41.3 Å². The van der Waals surface area contributed by atoms with E-state index in [9.17, 15) is 78.7 Å². The van der Waals surface area contributed by atoms with Crippen LogP contribution >= 0.6 is 0 Å². The first-order valence-corrected chi connectivity index (χ1v) is 11.0. The van der Waals surface area contributed by atoms with Crippen LogP contribution in [-0.4, -0.2) is 60.9 Å². The summed E-state index contributed by atoms with van der Waals surface area (Å²) in [6, 6.07) is 3.66. The van der Waals surface area contributed by atoms with Gasteiger partial charge in [-0.3, -0.25) is 4.55 Å². The topological polar surface area (TPSA) is 54.4 Å². The maximum Gasteiger partial charge on any atom is 0.384 e. The fraction of sp³-hybridized carbons (Fsp3) is 0.474. The molecule has 20 heteroatoms. The van der Waals surface area contributed by atoms with E-state index in [1.807, 2.05) is 0 Å². The molecule has 0 saturated carbocycles. The van der Waals surface area contributed by atoms with Gasteiger partial charge in [-0.25, -0.2) is 8.78 Å². The van der Waals surface area contributed by atoms with Gasteiger partial charge in [-0.15, -0.1) is 0 Å². The van der Waals surface area contributed by atoms with Crippen LogP contribution in [0, 0.1) is 0 Å². The van der Waals surface area contributed by atoms with Crippen molar-refractivity contribution in [2.75, 3.05) is 0 Å². The van der Waals surface area contributed by atoms with Crippen molar-refractivity contribution in [1.29, 1.82) is 0 Å². The van der Waals surface area contributed by atoms with Gasteiger partial charge in [0.1, 0.15) is 0 Å². The van der Waals surface area contributed by atoms with Gasteiger partial charge in [0, 0.05) is 6.42 Å². The van der Waals surface area contributed by atoms with E-state index in [1.54, 1.807) is 0 Å².